The minimum Gasteiger partial charge on any atom is -0.461 e. The second kappa shape index (κ2) is 7.64. The van der Waals surface area contributed by atoms with E-state index in [-0.39, 0.29) is 36.2 Å². The van der Waals surface area contributed by atoms with E-state index in [0.717, 1.165) is 17.7 Å². The fourth-order valence-electron chi connectivity index (χ4n) is 4.62. The van der Waals surface area contributed by atoms with Crippen LogP contribution in [-0.4, -0.2) is 57.2 Å². The molecule has 0 spiro atoms. The van der Waals surface area contributed by atoms with E-state index in [9.17, 15) is 14.4 Å². The maximum Gasteiger partial charge on any atom is 0.358 e. The zero-order valence-corrected chi connectivity index (χ0v) is 18.1. The van der Waals surface area contributed by atoms with Gasteiger partial charge in [-0.1, -0.05) is 18.2 Å². The first-order valence-electron chi connectivity index (χ1n) is 10.6. The summed E-state index contributed by atoms with van der Waals surface area (Å²) >= 11 is 1.63. The molecule has 3 heterocycles. The fourth-order valence-corrected chi connectivity index (χ4v) is 5.32. The van der Waals surface area contributed by atoms with Crippen LogP contribution in [0.25, 0.3) is 0 Å². The van der Waals surface area contributed by atoms with Crippen molar-refractivity contribution in [3.05, 3.63) is 52.0 Å². The van der Waals surface area contributed by atoms with Gasteiger partial charge in [0.1, 0.15) is 11.2 Å². The van der Waals surface area contributed by atoms with Gasteiger partial charge in [0.25, 0.3) is 5.91 Å². The summed E-state index contributed by atoms with van der Waals surface area (Å²) in [7, 11) is 0. The highest BCUT2D eigenvalue weighted by Gasteiger charge is 2.70. The molecule has 3 atom stereocenters. The van der Waals surface area contributed by atoms with Crippen LogP contribution in [0.3, 0.4) is 0 Å². The highest BCUT2D eigenvalue weighted by atomic mass is 32.1. The summed E-state index contributed by atoms with van der Waals surface area (Å²) in [6.07, 6.45) is 7.04. The maximum absolute atomic E-state index is 13.5. The predicted molar refractivity (Wildman–Crippen MR) is 114 cm³/mol. The molecule has 0 radical (unpaired) electrons. The predicted octanol–water partition coefficient (Wildman–Crippen LogP) is 2.34. The quantitative estimate of drug-likeness (QED) is 0.527. The van der Waals surface area contributed by atoms with Crippen molar-refractivity contribution in [1.82, 2.24) is 20.0 Å². The molecule has 1 fully saturated rings. The average molecular weight is 441 g/mol. The molecule has 5 rings (SSSR count). The van der Waals surface area contributed by atoms with Crippen LogP contribution in [-0.2, 0) is 16.0 Å². The van der Waals surface area contributed by atoms with Gasteiger partial charge in [0.2, 0.25) is 5.91 Å². The molecule has 0 bridgehead atoms. The summed E-state index contributed by atoms with van der Waals surface area (Å²) in [5.41, 5.74) is -0.526. The van der Waals surface area contributed by atoms with Crippen molar-refractivity contribution in [1.29, 1.82) is 0 Å². The highest BCUT2D eigenvalue weighted by molar-refractivity contribution is 7.09. The van der Waals surface area contributed by atoms with E-state index in [1.165, 1.54) is 6.07 Å². The summed E-state index contributed by atoms with van der Waals surface area (Å²) in [4.78, 5) is 41.9. The van der Waals surface area contributed by atoms with Crippen molar-refractivity contribution in [2.45, 2.75) is 50.2 Å². The number of carbonyl (C=O) groups excluding carboxylic acids is 3. The van der Waals surface area contributed by atoms with Gasteiger partial charge in [0.05, 0.1) is 12.6 Å². The number of amides is 2. The molecule has 2 aromatic rings. The van der Waals surface area contributed by atoms with E-state index in [1.807, 2.05) is 23.6 Å². The average Bonchev–Trinajstić information content (AvgIpc) is 3.22. The Bertz CT molecular complexity index is 1060. The smallest absolute Gasteiger partial charge is 0.358 e. The number of allylic oxidation sites excluding steroid dienone is 1. The van der Waals surface area contributed by atoms with E-state index in [0.29, 0.717) is 25.1 Å². The minimum atomic E-state index is -0.963. The molecule has 2 amide bonds. The third kappa shape index (κ3) is 3.27. The Morgan fingerprint density at radius 3 is 3.00 bits per heavy atom. The van der Waals surface area contributed by atoms with Gasteiger partial charge in [-0.25, -0.2) is 4.79 Å². The molecule has 2 aliphatic carbocycles. The zero-order chi connectivity index (χ0) is 21.6. The van der Waals surface area contributed by atoms with Gasteiger partial charge in [-0.15, -0.1) is 11.3 Å². The molecule has 162 valence electrons. The Morgan fingerprint density at radius 2 is 2.29 bits per heavy atom. The Labute approximate surface area is 183 Å². The van der Waals surface area contributed by atoms with E-state index in [1.54, 1.807) is 27.8 Å². The SMILES string of the molecule is CCOC(=O)c1cc2n(n1)C1CC1(C(=O)NC1C=CCC1)N(CCc1cccs1)C2=O. The molecule has 1 aliphatic heterocycles. The maximum atomic E-state index is 13.5. The summed E-state index contributed by atoms with van der Waals surface area (Å²) in [6, 6.07) is 5.21. The van der Waals surface area contributed by atoms with Gasteiger partial charge in [0, 0.05) is 30.0 Å². The molecule has 8 nitrogen and oxygen atoms in total. The van der Waals surface area contributed by atoms with Crippen molar-refractivity contribution in [2.24, 2.45) is 0 Å². The first-order chi connectivity index (χ1) is 15.0. The van der Waals surface area contributed by atoms with E-state index < -0.39 is 11.5 Å². The first-order valence-corrected chi connectivity index (χ1v) is 11.5. The van der Waals surface area contributed by atoms with Gasteiger partial charge < -0.3 is 15.0 Å². The Kier molecular flexibility index (Phi) is 4.92. The van der Waals surface area contributed by atoms with Crippen LogP contribution in [0.2, 0.25) is 0 Å². The van der Waals surface area contributed by atoms with Gasteiger partial charge in [0.15, 0.2) is 5.69 Å². The van der Waals surface area contributed by atoms with Gasteiger partial charge in [-0.05, 0) is 37.6 Å². The van der Waals surface area contributed by atoms with Crippen LogP contribution in [0, 0.1) is 0 Å². The van der Waals surface area contributed by atoms with Gasteiger partial charge in [-0.3, -0.25) is 14.3 Å². The van der Waals surface area contributed by atoms with Crippen LogP contribution in [0.1, 0.15) is 58.1 Å². The summed E-state index contributed by atoms with van der Waals surface area (Å²) < 4.78 is 6.60. The second-order valence-corrected chi connectivity index (χ2v) is 9.13. The number of nitrogens with zero attached hydrogens (tertiary/aromatic N) is 3. The Hall–Kier alpha value is -2.94. The lowest BCUT2D eigenvalue weighted by atomic mass is 10.1. The largest absolute Gasteiger partial charge is 0.461 e. The van der Waals surface area contributed by atoms with Crippen LogP contribution in [0.4, 0.5) is 0 Å². The third-order valence-corrected chi connectivity index (χ3v) is 7.18. The summed E-state index contributed by atoms with van der Waals surface area (Å²) in [6.45, 7) is 2.38. The lowest BCUT2D eigenvalue weighted by molar-refractivity contribution is -0.128. The Morgan fingerprint density at radius 1 is 1.42 bits per heavy atom. The standard InChI is InChI=1S/C22H24N4O4S/c1-2-30-20(28)16-12-17-19(27)25(10-9-15-8-5-11-31-15)22(13-18(22)26(17)24-16)21(29)23-14-6-3-4-7-14/h3,5-6,8,11-12,14,18H,2,4,7,9-10,13H2,1H3,(H,23,29). The molecule has 3 unspecified atom stereocenters. The minimum absolute atomic E-state index is 0.00788. The number of fused-ring (bicyclic) bond motifs is 3. The monoisotopic (exact) mass is 440 g/mol. The van der Waals surface area contributed by atoms with Crippen molar-refractivity contribution in [2.75, 3.05) is 13.2 Å². The summed E-state index contributed by atoms with van der Waals surface area (Å²) in [5, 5.41) is 9.46. The fraction of sp³-hybridized carbons (Fsp3) is 0.455. The molecule has 31 heavy (non-hydrogen) atoms. The van der Waals surface area contributed by atoms with Crippen molar-refractivity contribution < 1.29 is 19.1 Å². The van der Waals surface area contributed by atoms with Gasteiger partial charge >= 0.3 is 5.97 Å². The number of carbonyl (C=O) groups is 3. The Balaban J connectivity index is 1.47. The second-order valence-electron chi connectivity index (χ2n) is 8.10. The molecular formula is C22H24N4O4S. The molecule has 3 aliphatic rings. The van der Waals surface area contributed by atoms with Crippen LogP contribution >= 0.6 is 11.3 Å². The lowest BCUT2D eigenvalue weighted by Crippen LogP contribution is -2.57. The molecule has 9 heteroatoms. The molecular weight excluding hydrogens is 416 g/mol. The number of hydrogen-bond donors (Lipinski definition) is 1. The number of thiophene rings is 1. The third-order valence-electron chi connectivity index (χ3n) is 6.24. The molecule has 2 aromatic heterocycles. The zero-order valence-electron chi connectivity index (χ0n) is 17.2. The van der Waals surface area contributed by atoms with Gasteiger partial charge in [-0.2, -0.15) is 5.10 Å². The van der Waals surface area contributed by atoms with E-state index in [2.05, 4.69) is 16.5 Å². The van der Waals surface area contributed by atoms with Crippen molar-refractivity contribution in [3.8, 4) is 0 Å². The number of esters is 1. The highest BCUT2D eigenvalue weighted by Crippen LogP contribution is 2.56. The van der Waals surface area contributed by atoms with E-state index >= 15 is 0 Å². The lowest BCUT2D eigenvalue weighted by Gasteiger charge is -2.36. The normalized spacial score (nSPS) is 25.8. The van der Waals surface area contributed by atoms with Crippen molar-refractivity contribution in [3.63, 3.8) is 0 Å². The van der Waals surface area contributed by atoms with Crippen LogP contribution < -0.4 is 5.32 Å². The number of hydrogen-bond acceptors (Lipinski definition) is 6. The summed E-state index contributed by atoms with van der Waals surface area (Å²) in [5.74, 6) is -0.980. The molecule has 1 N–H and O–H groups in total. The number of ether oxygens (including phenoxy) is 1. The first kappa shape index (κ1) is 20.0. The molecule has 0 saturated heterocycles. The van der Waals surface area contributed by atoms with Crippen LogP contribution in [0.15, 0.2) is 35.7 Å². The number of nitrogens with one attached hydrogen (secondary N) is 1. The number of rotatable bonds is 7. The van der Waals surface area contributed by atoms with Crippen molar-refractivity contribution >= 4 is 29.1 Å². The molecule has 0 aromatic carbocycles. The topological polar surface area (TPSA) is 93.5 Å². The number of aromatic nitrogens is 2. The van der Waals surface area contributed by atoms with E-state index in [4.69, 9.17) is 4.74 Å². The molecule has 1 saturated carbocycles. The van der Waals surface area contributed by atoms with Crippen LogP contribution in [0.5, 0.6) is 0 Å².